The number of benzene rings is 1. The zero-order valence-electron chi connectivity index (χ0n) is 12.9. The molecule has 0 aliphatic heterocycles. The first kappa shape index (κ1) is 15.1. The molecule has 0 bridgehead atoms. The third-order valence-electron chi connectivity index (χ3n) is 3.74. The summed E-state index contributed by atoms with van der Waals surface area (Å²) in [6.45, 7) is 3.71. The van der Waals surface area contributed by atoms with Crippen molar-refractivity contribution in [2.75, 3.05) is 0 Å². The second-order valence-electron chi connectivity index (χ2n) is 5.24. The fourth-order valence-electron chi connectivity index (χ4n) is 2.43. The zero-order chi connectivity index (χ0) is 16.4. The second kappa shape index (κ2) is 6.12. The normalized spacial score (nSPS) is 10.9. The predicted octanol–water partition coefficient (Wildman–Crippen LogP) is 3.61. The van der Waals surface area contributed by atoms with Gasteiger partial charge in [0.25, 0.3) is 0 Å². The van der Waals surface area contributed by atoms with Gasteiger partial charge in [-0.1, -0.05) is 19.1 Å². The van der Waals surface area contributed by atoms with E-state index in [-0.39, 0.29) is 6.61 Å². The maximum absolute atomic E-state index is 12.0. The molecule has 0 saturated carbocycles. The van der Waals surface area contributed by atoms with E-state index in [0.717, 1.165) is 17.4 Å². The Bertz CT molecular complexity index is 917. The van der Waals surface area contributed by atoms with Gasteiger partial charge in [-0.2, -0.15) is 0 Å². The predicted molar refractivity (Wildman–Crippen MR) is 84.4 cm³/mol. The molecule has 0 unspecified atom stereocenters. The van der Waals surface area contributed by atoms with Gasteiger partial charge in [-0.05, 0) is 31.0 Å². The van der Waals surface area contributed by atoms with Crippen molar-refractivity contribution < 1.29 is 18.4 Å². The van der Waals surface area contributed by atoms with Crippen molar-refractivity contribution in [3.05, 3.63) is 69.5 Å². The summed E-state index contributed by atoms with van der Waals surface area (Å²) in [5, 5.41) is 0.763. The molecule has 0 spiro atoms. The molecule has 2 heterocycles. The van der Waals surface area contributed by atoms with Crippen LogP contribution in [-0.4, -0.2) is 5.97 Å². The van der Waals surface area contributed by atoms with E-state index in [2.05, 4.69) is 0 Å². The lowest BCUT2D eigenvalue weighted by Gasteiger charge is -2.07. The number of rotatable bonds is 4. The summed E-state index contributed by atoms with van der Waals surface area (Å²) in [5.74, 6) is 0.0165. The molecule has 0 aliphatic carbocycles. The third-order valence-corrected chi connectivity index (χ3v) is 3.74. The standard InChI is InChI=1S/C18H16O5/c1-3-12-4-5-15-13(9-17(19)23-16(15)8-12)10-22-18(20)14-6-7-21-11(14)2/h4-9H,3,10H2,1-2H3. The molecule has 5 nitrogen and oxygen atoms in total. The summed E-state index contributed by atoms with van der Waals surface area (Å²) in [7, 11) is 0. The average Bonchev–Trinajstić information content (AvgIpc) is 2.97. The van der Waals surface area contributed by atoms with Crippen LogP contribution in [0.4, 0.5) is 0 Å². The minimum atomic E-state index is -0.484. The molecular formula is C18H16O5. The fourth-order valence-corrected chi connectivity index (χ4v) is 2.43. The number of hydrogen-bond acceptors (Lipinski definition) is 5. The van der Waals surface area contributed by atoms with Gasteiger partial charge in [-0.15, -0.1) is 0 Å². The third kappa shape index (κ3) is 3.04. The zero-order valence-corrected chi connectivity index (χ0v) is 12.9. The molecule has 0 fully saturated rings. The number of furan rings is 1. The van der Waals surface area contributed by atoms with Crippen LogP contribution in [0.2, 0.25) is 0 Å². The van der Waals surface area contributed by atoms with Crippen LogP contribution < -0.4 is 5.63 Å². The number of carbonyl (C=O) groups is 1. The summed E-state index contributed by atoms with van der Waals surface area (Å²) in [4.78, 5) is 23.7. The maximum Gasteiger partial charge on any atom is 0.342 e. The van der Waals surface area contributed by atoms with E-state index in [4.69, 9.17) is 13.6 Å². The van der Waals surface area contributed by atoms with Gasteiger partial charge in [-0.3, -0.25) is 0 Å². The van der Waals surface area contributed by atoms with E-state index in [1.165, 1.54) is 12.3 Å². The van der Waals surface area contributed by atoms with Crippen molar-refractivity contribution in [2.45, 2.75) is 26.9 Å². The number of hydrogen-bond donors (Lipinski definition) is 0. The van der Waals surface area contributed by atoms with Crippen LogP contribution in [0.5, 0.6) is 0 Å². The summed E-state index contributed by atoms with van der Waals surface area (Å²) < 4.78 is 15.6. The minimum absolute atomic E-state index is 0.00295. The van der Waals surface area contributed by atoms with E-state index in [1.54, 1.807) is 13.0 Å². The smallest absolute Gasteiger partial charge is 0.342 e. The van der Waals surface area contributed by atoms with Crippen LogP contribution in [0.25, 0.3) is 11.0 Å². The van der Waals surface area contributed by atoms with E-state index in [9.17, 15) is 9.59 Å². The van der Waals surface area contributed by atoms with Crippen molar-refractivity contribution in [3.8, 4) is 0 Å². The Kier molecular flexibility index (Phi) is 4.02. The van der Waals surface area contributed by atoms with Crippen LogP contribution in [0, 0.1) is 6.92 Å². The van der Waals surface area contributed by atoms with Gasteiger partial charge >= 0.3 is 11.6 Å². The topological polar surface area (TPSA) is 69.7 Å². The highest BCUT2D eigenvalue weighted by Gasteiger charge is 2.14. The maximum atomic E-state index is 12.0. The van der Waals surface area contributed by atoms with Crippen molar-refractivity contribution in [2.24, 2.45) is 0 Å². The van der Waals surface area contributed by atoms with E-state index >= 15 is 0 Å². The molecular weight excluding hydrogens is 296 g/mol. The second-order valence-corrected chi connectivity index (χ2v) is 5.24. The number of aryl methyl sites for hydroxylation is 2. The van der Waals surface area contributed by atoms with Gasteiger partial charge in [0.2, 0.25) is 0 Å². The molecule has 1 aromatic carbocycles. The number of esters is 1. The highest BCUT2D eigenvalue weighted by molar-refractivity contribution is 5.90. The molecule has 3 aromatic rings. The van der Waals surface area contributed by atoms with E-state index in [0.29, 0.717) is 22.5 Å². The number of carbonyl (C=O) groups excluding carboxylic acids is 1. The summed E-state index contributed by atoms with van der Waals surface area (Å²) in [5.41, 5.74) is 2.11. The molecule has 3 rings (SSSR count). The quantitative estimate of drug-likeness (QED) is 0.543. The molecule has 5 heteroatoms. The van der Waals surface area contributed by atoms with Crippen LogP contribution >= 0.6 is 0 Å². The van der Waals surface area contributed by atoms with Crippen LogP contribution in [0.15, 0.2) is 50.2 Å². The molecule has 2 aromatic heterocycles. The Labute approximate surface area is 132 Å². The Morgan fingerprint density at radius 2 is 2.04 bits per heavy atom. The van der Waals surface area contributed by atoms with Gasteiger partial charge in [0.05, 0.1) is 6.26 Å². The van der Waals surface area contributed by atoms with Crippen molar-refractivity contribution in [1.29, 1.82) is 0 Å². The van der Waals surface area contributed by atoms with Crippen molar-refractivity contribution >= 4 is 16.9 Å². The monoisotopic (exact) mass is 312 g/mol. The molecule has 0 saturated heterocycles. The highest BCUT2D eigenvalue weighted by atomic mass is 16.5. The molecule has 0 N–H and O–H groups in total. The summed E-state index contributed by atoms with van der Waals surface area (Å²) in [6.07, 6.45) is 2.28. The SMILES string of the molecule is CCc1ccc2c(COC(=O)c3ccoc3C)cc(=O)oc2c1. The largest absolute Gasteiger partial charge is 0.469 e. The van der Waals surface area contributed by atoms with Gasteiger partial charge < -0.3 is 13.6 Å². The Morgan fingerprint density at radius 3 is 2.74 bits per heavy atom. The lowest BCUT2D eigenvalue weighted by Crippen LogP contribution is -2.08. The van der Waals surface area contributed by atoms with Gasteiger partial charge in [-0.25, -0.2) is 9.59 Å². The Morgan fingerprint density at radius 1 is 1.22 bits per heavy atom. The van der Waals surface area contributed by atoms with E-state index in [1.807, 2.05) is 25.1 Å². The average molecular weight is 312 g/mol. The lowest BCUT2D eigenvalue weighted by atomic mass is 10.1. The number of ether oxygens (including phenoxy) is 1. The molecule has 118 valence electrons. The molecule has 0 radical (unpaired) electrons. The molecule has 0 amide bonds. The van der Waals surface area contributed by atoms with Gasteiger partial charge in [0.1, 0.15) is 23.5 Å². The summed E-state index contributed by atoms with van der Waals surface area (Å²) in [6, 6.07) is 8.59. The van der Waals surface area contributed by atoms with Gasteiger partial charge in [0, 0.05) is 17.0 Å². The van der Waals surface area contributed by atoms with Crippen LogP contribution in [0.1, 0.15) is 34.2 Å². The van der Waals surface area contributed by atoms with Crippen molar-refractivity contribution in [3.63, 3.8) is 0 Å². The first-order valence-corrected chi connectivity index (χ1v) is 7.35. The molecule has 0 atom stereocenters. The Balaban J connectivity index is 1.89. The summed E-state index contributed by atoms with van der Waals surface area (Å²) >= 11 is 0. The number of fused-ring (bicyclic) bond motifs is 1. The first-order chi connectivity index (χ1) is 11.1. The van der Waals surface area contributed by atoms with Crippen LogP contribution in [-0.2, 0) is 17.8 Å². The highest BCUT2D eigenvalue weighted by Crippen LogP contribution is 2.20. The molecule has 23 heavy (non-hydrogen) atoms. The van der Waals surface area contributed by atoms with Crippen molar-refractivity contribution in [1.82, 2.24) is 0 Å². The minimum Gasteiger partial charge on any atom is -0.469 e. The first-order valence-electron chi connectivity index (χ1n) is 7.35. The molecule has 0 aliphatic rings. The van der Waals surface area contributed by atoms with Gasteiger partial charge in [0.15, 0.2) is 0 Å². The fraction of sp³-hybridized carbons (Fsp3) is 0.222. The van der Waals surface area contributed by atoms with E-state index < -0.39 is 11.6 Å². The lowest BCUT2D eigenvalue weighted by molar-refractivity contribution is 0.0472. The Hall–Kier alpha value is -2.82. The van der Waals surface area contributed by atoms with Crippen LogP contribution in [0.3, 0.4) is 0 Å².